The van der Waals surface area contributed by atoms with E-state index in [1.165, 1.54) is 9.13 Å². The van der Waals surface area contributed by atoms with Crippen LogP contribution in [0, 0.1) is 14.9 Å². The third kappa shape index (κ3) is 7.02. The Balaban J connectivity index is 0.000000132. The molecule has 10 nitrogen and oxygen atoms in total. The Labute approximate surface area is 301 Å². The number of fused-ring (bicyclic) bond motifs is 3. The third-order valence-corrected chi connectivity index (χ3v) is 10.8. The van der Waals surface area contributed by atoms with Crippen LogP contribution in [-0.2, 0) is 30.5 Å². The maximum absolute atomic E-state index is 9.17. The zero-order valence-corrected chi connectivity index (χ0v) is 30.8. The van der Waals surface area contributed by atoms with Crippen LogP contribution in [0.15, 0.2) is 62.5 Å². The summed E-state index contributed by atoms with van der Waals surface area (Å²) in [6.45, 7) is 10.7. The normalized spacial score (nSPS) is 13.6. The molecule has 242 valence electrons. The molecule has 0 aromatic carbocycles. The first-order valence-corrected chi connectivity index (χ1v) is 18.1. The van der Waals surface area contributed by atoms with Gasteiger partial charge in [-0.25, -0.2) is 9.97 Å². The molecule has 3 aliphatic heterocycles. The molecule has 3 aliphatic rings. The lowest BCUT2D eigenvalue weighted by atomic mass is 9.90. The van der Waals surface area contributed by atoms with Crippen LogP contribution in [-0.4, -0.2) is 50.1 Å². The quantitative estimate of drug-likeness (QED) is 0.190. The first-order valence-electron chi connectivity index (χ1n) is 15.2. The molecule has 0 fully saturated rings. The molecular formula is C35H33IN10S2. The molecule has 5 aromatic heterocycles. The van der Waals surface area contributed by atoms with E-state index in [1.807, 2.05) is 68.5 Å². The lowest BCUT2D eigenvalue weighted by Gasteiger charge is -2.19. The molecule has 0 unspecified atom stereocenters. The molecule has 0 bridgehead atoms. The van der Waals surface area contributed by atoms with E-state index in [4.69, 9.17) is 16.0 Å². The molecule has 8 heterocycles. The first-order chi connectivity index (χ1) is 23.1. The van der Waals surface area contributed by atoms with E-state index in [0.717, 1.165) is 67.3 Å². The van der Waals surface area contributed by atoms with Crippen molar-refractivity contribution >= 4 is 63.9 Å². The monoisotopic (exact) mass is 784 g/mol. The second kappa shape index (κ2) is 14.2. The summed E-state index contributed by atoms with van der Waals surface area (Å²) in [5.41, 5.74) is 15.7. The first kappa shape index (κ1) is 33.8. The zero-order valence-electron chi connectivity index (χ0n) is 27.0. The predicted octanol–water partition coefficient (Wildman–Crippen LogP) is 6.93. The second-order valence-corrected chi connectivity index (χ2v) is 15.3. The lowest BCUT2D eigenvalue weighted by molar-refractivity contribution is 0.525. The van der Waals surface area contributed by atoms with Crippen molar-refractivity contribution < 1.29 is 0 Å². The van der Waals surface area contributed by atoms with Gasteiger partial charge < -0.3 is 5.73 Å². The maximum Gasteiger partial charge on any atom is 0.124 e. The lowest BCUT2D eigenvalue weighted by Crippen LogP contribution is -2.28. The molecule has 0 aliphatic carbocycles. The summed E-state index contributed by atoms with van der Waals surface area (Å²) in [7, 11) is 0. The fourth-order valence-corrected chi connectivity index (χ4v) is 7.61. The predicted molar refractivity (Wildman–Crippen MR) is 202 cm³/mol. The Morgan fingerprint density at radius 3 is 1.69 bits per heavy atom. The van der Waals surface area contributed by atoms with Crippen molar-refractivity contribution in [1.29, 1.82) is 5.26 Å². The Morgan fingerprint density at radius 1 is 0.729 bits per heavy atom. The van der Waals surface area contributed by atoms with Gasteiger partial charge in [-0.1, -0.05) is 13.8 Å². The molecule has 5 aromatic rings. The van der Waals surface area contributed by atoms with Crippen LogP contribution < -0.4 is 5.73 Å². The van der Waals surface area contributed by atoms with Crippen LogP contribution in [0.25, 0.3) is 21.1 Å². The van der Waals surface area contributed by atoms with E-state index in [2.05, 4.69) is 82.8 Å². The number of halogens is 1. The van der Waals surface area contributed by atoms with Gasteiger partial charge >= 0.3 is 0 Å². The summed E-state index contributed by atoms with van der Waals surface area (Å²) in [5, 5.41) is 15.2. The maximum atomic E-state index is 9.17. The Kier molecular flexibility index (Phi) is 9.98. The fourth-order valence-electron chi connectivity index (χ4n) is 4.92. The fraction of sp³-hybridized carbons (Fsp3) is 0.286. The van der Waals surface area contributed by atoms with Crippen LogP contribution in [0.5, 0.6) is 0 Å². The smallest absolute Gasteiger partial charge is 0.124 e. The van der Waals surface area contributed by atoms with Gasteiger partial charge in [-0.2, -0.15) is 5.26 Å². The second-order valence-electron chi connectivity index (χ2n) is 12.4. The summed E-state index contributed by atoms with van der Waals surface area (Å²) in [6.07, 6.45) is 11.1. The van der Waals surface area contributed by atoms with Gasteiger partial charge in [0.25, 0.3) is 0 Å². The van der Waals surface area contributed by atoms with Crippen molar-refractivity contribution in [2.75, 3.05) is 6.54 Å². The van der Waals surface area contributed by atoms with Gasteiger partial charge in [0.05, 0.1) is 59.6 Å². The molecule has 0 saturated heterocycles. The van der Waals surface area contributed by atoms with E-state index < -0.39 is 5.41 Å². The number of nitriles is 1. The molecule has 0 atom stereocenters. The number of hydrogen-bond donors (Lipinski definition) is 1. The van der Waals surface area contributed by atoms with Crippen molar-refractivity contribution in [3.05, 3.63) is 96.3 Å². The molecule has 13 heteroatoms. The van der Waals surface area contributed by atoms with E-state index in [1.54, 1.807) is 28.9 Å². The van der Waals surface area contributed by atoms with Crippen LogP contribution in [0.1, 0.15) is 72.9 Å². The number of nitrogens with two attached hydrogens (primary N) is 1. The molecule has 8 rings (SSSR count). The SMILES string of the molecule is CC(C)(C#N)c1csc(-c2ccnc3c2C=NC3)n1.CC(C)(CN)c1csc(-c2ccnc3c2C=NC3)n1.Ic1ccnc2c1C=NC2. The molecule has 0 spiro atoms. The minimum atomic E-state index is -0.557. The highest BCUT2D eigenvalue weighted by Crippen LogP contribution is 2.34. The van der Waals surface area contributed by atoms with Crippen LogP contribution in [0.3, 0.4) is 0 Å². The van der Waals surface area contributed by atoms with Gasteiger partial charge in [0.1, 0.15) is 10.0 Å². The molecule has 0 amide bonds. The van der Waals surface area contributed by atoms with Gasteiger partial charge in [0.15, 0.2) is 0 Å². The van der Waals surface area contributed by atoms with E-state index in [-0.39, 0.29) is 5.41 Å². The zero-order chi connectivity index (χ0) is 33.9. The van der Waals surface area contributed by atoms with E-state index in [9.17, 15) is 0 Å². The van der Waals surface area contributed by atoms with Crippen LogP contribution in [0.4, 0.5) is 0 Å². The van der Waals surface area contributed by atoms with Crippen molar-refractivity contribution in [2.24, 2.45) is 20.7 Å². The van der Waals surface area contributed by atoms with Crippen molar-refractivity contribution in [3.63, 3.8) is 0 Å². The largest absolute Gasteiger partial charge is 0.330 e. The minimum absolute atomic E-state index is 0.0843. The minimum Gasteiger partial charge on any atom is -0.330 e. The van der Waals surface area contributed by atoms with E-state index >= 15 is 0 Å². The number of nitrogens with zero attached hydrogens (tertiary/aromatic N) is 9. The average molecular weight is 785 g/mol. The van der Waals surface area contributed by atoms with Gasteiger partial charge in [-0.15, -0.1) is 22.7 Å². The highest BCUT2D eigenvalue weighted by molar-refractivity contribution is 14.1. The highest BCUT2D eigenvalue weighted by atomic mass is 127. The average Bonchev–Trinajstić information content (AvgIpc) is 3.94. The number of pyridine rings is 3. The molecule has 2 N–H and O–H groups in total. The highest BCUT2D eigenvalue weighted by Gasteiger charge is 2.25. The number of rotatable bonds is 5. The Bertz CT molecular complexity index is 2100. The standard InChI is InChI=1S/C14H16N4S.C14H12N4S.C7H5IN2/c2*1-14(2,8-15)12-7-19-13(18-12)9-3-4-17-11-6-16-5-10(9)11;8-6-1-2-10-7-4-9-3-5(6)7/h3-5,7H,6,8,15H2,1-2H3;3-5,7H,6H2,1-2H3;1-3H,4H2. The number of hydrogen-bond acceptors (Lipinski definition) is 12. The van der Waals surface area contributed by atoms with Gasteiger partial charge in [0.2, 0.25) is 0 Å². The molecule has 0 saturated carbocycles. The topological polar surface area (TPSA) is 151 Å². The van der Waals surface area contributed by atoms with Gasteiger partial charge in [-0.05, 0) is 54.6 Å². The summed E-state index contributed by atoms with van der Waals surface area (Å²) >= 11 is 5.51. The summed E-state index contributed by atoms with van der Waals surface area (Å²) in [5.74, 6) is 0. The number of thiazole rings is 2. The van der Waals surface area contributed by atoms with E-state index in [0.29, 0.717) is 19.6 Å². The third-order valence-electron chi connectivity index (χ3n) is 8.14. The van der Waals surface area contributed by atoms with Gasteiger partial charge in [0, 0.05) is 91.3 Å². The molecule has 48 heavy (non-hydrogen) atoms. The van der Waals surface area contributed by atoms with Gasteiger partial charge in [-0.3, -0.25) is 29.9 Å². The van der Waals surface area contributed by atoms with Crippen LogP contribution >= 0.6 is 45.3 Å². The van der Waals surface area contributed by atoms with Crippen molar-refractivity contribution in [2.45, 2.75) is 58.2 Å². The summed E-state index contributed by atoms with van der Waals surface area (Å²) in [4.78, 5) is 34.9. The summed E-state index contributed by atoms with van der Waals surface area (Å²) < 4.78 is 1.24. The Morgan fingerprint density at radius 2 is 1.19 bits per heavy atom. The molecule has 0 radical (unpaired) electrons. The van der Waals surface area contributed by atoms with Crippen molar-refractivity contribution in [1.82, 2.24) is 24.9 Å². The summed E-state index contributed by atoms with van der Waals surface area (Å²) in [6, 6.07) is 8.24. The number of aliphatic imine (C=N–C) groups is 3. The molecular weight excluding hydrogens is 751 g/mol. The Hall–Kier alpha value is -4.10. The van der Waals surface area contributed by atoms with Crippen molar-refractivity contribution in [3.8, 4) is 27.2 Å². The van der Waals surface area contributed by atoms with Crippen LogP contribution in [0.2, 0.25) is 0 Å². The number of aromatic nitrogens is 5.